The molecule has 108 valence electrons. The minimum absolute atomic E-state index is 0.202. The summed E-state index contributed by atoms with van der Waals surface area (Å²) in [6.45, 7) is 0. The second-order valence-corrected chi connectivity index (χ2v) is 4.45. The summed E-state index contributed by atoms with van der Waals surface area (Å²) >= 11 is 0. The van der Waals surface area contributed by atoms with Gasteiger partial charge in [-0.1, -0.05) is 36.4 Å². The van der Waals surface area contributed by atoms with Crippen LogP contribution in [0.2, 0.25) is 0 Å². The van der Waals surface area contributed by atoms with E-state index in [1.165, 1.54) is 6.08 Å². The number of rotatable bonds is 5. The topological polar surface area (TPSA) is 41.6 Å². The third kappa shape index (κ3) is 4.11. The molecule has 2 aromatic rings. The maximum atomic E-state index is 11.9. The average molecular weight is 282 g/mol. The number of hydrogen-bond donors (Lipinski definition) is 1. The molecular formula is C17H18N2O2. The second kappa shape index (κ2) is 7.14. The number of carbonyl (C=O) groups is 1. The third-order valence-corrected chi connectivity index (χ3v) is 2.97. The third-order valence-electron chi connectivity index (χ3n) is 2.97. The molecule has 0 aromatic heterocycles. The highest BCUT2D eigenvalue weighted by Gasteiger charge is 2.03. The van der Waals surface area contributed by atoms with E-state index in [4.69, 9.17) is 4.74 Å². The van der Waals surface area contributed by atoms with E-state index < -0.39 is 0 Å². The SMILES string of the molecule is COc1ccccc1/C=C/C(=O)NN(C)c1ccccc1. The number of carbonyl (C=O) groups excluding carboxylic acids is 1. The van der Waals surface area contributed by atoms with Crippen molar-refractivity contribution in [3.8, 4) is 5.75 Å². The summed E-state index contributed by atoms with van der Waals surface area (Å²) in [5.41, 5.74) is 4.54. The van der Waals surface area contributed by atoms with E-state index in [9.17, 15) is 4.79 Å². The molecule has 0 unspecified atom stereocenters. The maximum Gasteiger partial charge on any atom is 0.262 e. The van der Waals surface area contributed by atoms with E-state index in [0.717, 1.165) is 17.0 Å². The van der Waals surface area contributed by atoms with Crippen LogP contribution < -0.4 is 15.2 Å². The van der Waals surface area contributed by atoms with E-state index in [1.54, 1.807) is 25.2 Å². The normalized spacial score (nSPS) is 10.4. The lowest BCUT2D eigenvalue weighted by Crippen LogP contribution is -2.38. The van der Waals surface area contributed by atoms with E-state index in [0.29, 0.717) is 0 Å². The molecule has 4 nitrogen and oxygen atoms in total. The van der Waals surface area contributed by atoms with Crippen LogP contribution in [0, 0.1) is 0 Å². The molecule has 0 aliphatic heterocycles. The fraction of sp³-hybridized carbons (Fsp3) is 0.118. The fourth-order valence-electron chi connectivity index (χ4n) is 1.89. The van der Waals surface area contributed by atoms with E-state index in [2.05, 4.69) is 5.43 Å². The zero-order valence-corrected chi connectivity index (χ0v) is 12.1. The van der Waals surface area contributed by atoms with Crippen molar-refractivity contribution in [3.63, 3.8) is 0 Å². The van der Waals surface area contributed by atoms with Crippen LogP contribution in [0.25, 0.3) is 6.08 Å². The second-order valence-electron chi connectivity index (χ2n) is 4.45. The molecule has 2 aromatic carbocycles. The molecule has 0 atom stereocenters. The summed E-state index contributed by atoms with van der Waals surface area (Å²) in [5.74, 6) is 0.533. The highest BCUT2D eigenvalue weighted by atomic mass is 16.5. The highest BCUT2D eigenvalue weighted by molar-refractivity contribution is 5.93. The van der Waals surface area contributed by atoms with Crippen molar-refractivity contribution in [2.75, 3.05) is 19.2 Å². The van der Waals surface area contributed by atoms with Crippen LogP contribution in [-0.4, -0.2) is 20.1 Å². The van der Waals surface area contributed by atoms with Crippen LogP contribution in [0.3, 0.4) is 0 Å². The lowest BCUT2D eigenvalue weighted by molar-refractivity contribution is -0.116. The Hall–Kier alpha value is -2.75. The van der Waals surface area contributed by atoms with Gasteiger partial charge in [0.15, 0.2) is 0 Å². The molecule has 21 heavy (non-hydrogen) atoms. The molecule has 1 amide bonds. The number of benzene rings is 2. The Kier molecular flexibility index (Phi) is 4.99. The molecule has 2 rings (SSSR count). The quantitative estimate of drug-likeness (QED) is 0.677. The predicted molar refractivity (Wildman–Crippen MR) is 85.0 cm³/mol. The number of hydrogen-bond acceptors (Lipinski definition) is 3. The van der Waals surface area contributed by atoms with Gasteiger partial charge >= 0.3 is 0 Å². The minimum Gasteiger partial charge on any atom is -0.496 e. The predicted octanol–water partition coefficient (Wildman–Crippen LogP) is 2.88. The Morgan fingerprint density at radius 2 is 1.76 bits per heavy atom. The van der Waals surface area contributed by atoms with Crippen LogP contribution in [0.4, 0.5) is 5.69 Å². The van der Waals surface area contributed by atoms with E-state index in [-0.39, 0.29) is 5.91 Å². The van der Waals surface area contributed by atoms with Crippen molar-refractivity contribution in [2.24, 2.45) is 0 Å². The van der Waals surface area contributed by atoms with Crippen molar-refractivity contribution in [3.05, 3.63) is 66.2 Å². The Bertz CT molecular complexity index is 624. The van der Waals surface area contributed by atoms with Gasteiger partial charge in [-0.2, -0.15) is 0 Å². The van der Waals surface area contributed by atoms with Gasteiger partial charge in [-0.05, 0) is 24.3 Å². The average Bonchev–Trinajstić information content (AvgIpc) is 2.54. The Morgan fingerprint density at radius 3 is 2.48 bits per heavy atom. The van der Waals surface area contributed by atoms with Crippen molar-refractivity contribution < 1.29 is 9.53 Å². The first-order valence-electron chi connectivity index (χ1n) is 6.61. The summed E-state index contributed by atoms with van der Waals surface area (Å²) in [4.78, 5) is 11.9. The van der Waals surface area contributed by atoms with Gasteiger partial charge in [-0.25, -0.2) is 0 Å². The van der Waals surface area contributed by atoms with Gasteiger partial charge < -0.3 is 4.74 Å². The van der Waals surface area contributed by atoms with Crippen molar-refractivity contribution >= 4 is 17.7 Å². The number of hydrazine groups is 1. The number of methoxy groups -OCH3 is 1. The number of nitrogens with zero attached hydrogens (tertiary/aromatic N) is 1. The van der Waals surface area contributed by atoms with Crippen molar-refractivity contribution in [1.82, 2.24) is 5.43 Å². The Labute approximate surface area is 124 Å². The van der Waals surface area contributed by atoms with Crippen LogP contribution in [-0.2, 0) is 4.79 Å². The molecular weight excluding hydrogens is 264 g/mol. The van der Waals surface area contributed by atoms with Gasteiger partial charge in [-0.15, -0.1) is 0 Å². The van der Waals surface area contributed by atoms with Gasteiger partial charge in [0.1, 0.15) is 5.75 Å². The van der Waals surface area contributed by atoms with Gasteiger partial charge in [-0.3, -0.25) is 15.2 Å². The Morgan fingerprint density at radius 1 is 1.10 bits per heavy atom. The number of ether oxygens (including phenoxy) is 1. The monoisotopic (exact) mass is 282 g/mol. The zero-order valence-electron chi connectivity index (χ0n) is 12.1. The summed E-state index contributed by atoms with van der Waals surface area (Å²) in [7, 11) is 3.40. The molecule has 0 heterocycles. The fourth-order valence-corrected chi connectivity index (χ4v) is 1.89. The molecule has 0 saturated carbocycles. The van der Waals surface area contributed by atoms with Gasteiger partial charge in [0.2, 0.25) is 0 Å². The van der Waals surface area contributed by atoms with E-state index >= 15 is 0 Å². The summed E-state index contributed by atoms with van der Waals surface area (Å²) < 4.78 is 5.23. The number of anilines is 1. The van der Waals surface area contributed by atoms with Crippen molar-refractivity contribution in [1.29, 1.82) is 0 Å². The van der Waals surface area contributed by atoms with Crippen LogP contribution in [0.1, 0.15) is 5.56 Å². The molecule has 0 saturated heterocycles. The first-order valence-corrected chi connectivity index (χ1v) is 6.61. The molecule has 1 N–H and O–H groups in total. The molecule has 0 bridgehead atoms. The van der Waals surface area contributed by atoms with E-state index in [1.807, 2.05) is 54.6 Å². The first kappa shape index (κ1) is 14.7. The largest absolute Gasteiger partial charge is 0.496 e. The van der Waals surface area contributed by atoms with Gasteiger partial charge in [0.05, 0.1) is 12.8 Å². The number of para-hydroxylation sites is 2. The zero-order chi connectivity index (χ0) is 15.1. The maximum absolute atomic E-state index is 11.9. The molecule has 0 radical (unpaired) electrons. The van der Waals surface area contributed by atoms with Crippen LogP contribution in [0.5, 0.6) is 5.75 Å². The molecule has 0 aliphatic carbocycles. The van der Waals surface area contributed by atoms with Crippen molar-refractivity contribution in [2.45, 2.75) is 0 Å². The first-order chi connectivity index (χ1) is 10.2. The smallest absolute Gasteiger partial charge is 0.262 e. The van der Waals surface area contributed by atoms with Gasteiger partial charge in [0, 0.05) is 18.7 Å². The lowest BCUT2D eigenvalue weighted by Gasteiger charge is -2.19. The molecule has 0 aliphatic rings. The number of nitrogens with one attached hydrogen (secondary N) is 1. The standard InChI is InChI=1S/C17H18N2O2/c1-19(15-9-4-3-5-10-15)18-17(20)13-12-14-8-6-7-11-16(14)21-2/h3-13H,1-2H3,(H,18,20)/b13-12+. The molecule has 4 heteroatoms. The summed E-state index contributed by atoms with van der Waals surface area (Å²) in [5, 5.41) is 1.68. The summed E-state index contributed by atoms with van der Waals surface area (Å²) in [6.07, 6.45) is 3.21. The lowest BCUT2D eigenvalue weighted by atomic mass is 10.2. The minimum atomic E-state index is -0.202. The van der Waals surface area contributed by atoms with Crippen LogP contribution in [0.15, 0.2) is 60.7 Å². The molecule has 0 spiro atoms. The summed E-state index contributed by atoms with van der Waals surface area (Å²) in [6, 6.07) is 17.1. The van der Waals surface area contributed by atoms with Gasteiger partial charge in [0.25, 0.3) is 5.91 Å². The molecule has 0 fully saturated rings. The van der Waals surface area contributed by atoms with Crippen LogP contribution >= 0.6 is 0 Å². The number of amides is 1. The highest BCUT2D eigenvalue weighted by Crippen LogP contribution is 2.18. The Balaban J connectivity index is 2.00.